The second kappa shape index (κ2) is 8.91. The first-order chi connectivity index (χ1) is 15.0. The zero-order valence-electron chi connectivity index (χ0n) is 17.1. The van der Waals surface area contributed by atoms with Gasteiger partial charge in [0.1, 0.15) is 10.5 Å². The lowest BCUT2D eigenvalue weighted by Gasteiger charge is -2.13. The van der Waals surface area contributed by atoms with Gasteiger partial charge in [0.25, 0.3) is 11.5 Å². The summed E-state index contributed by atoms with van der Waals surface area (Å²) in [4.78, 5) is 28.9. The molecule has 0 saturated carbocycles. The number of aromatic amines is 1. The lowest BCUT2D eigenvalue weighted by atomic mass is 10.2. The van der Waals surface area contributed by atoms with Crippen molar-refractivity contribution in [3.63, 3.8) is 0 Å². The number of carbonyl (C=O) groups is 1. The van der Waals surface area contributed by atoms with Crippen LogP contribution in [0.15, 0.2) is 47.3 Å². The van der Waals surface area contributed by atoms with Crippen molar-refractivity contribution < 1.29 is 14.3 Å². The fourth-order valence-corrected chi connectivity index (χ4v) is 4.64. The Morgan fingerprint density at radius 2 is 1.81 bits per heavy atom. The molecule has 0 atom stereocenters. The van der Waals surface area contributed by atoms with Crippen LogP contribution in [0.4, 0.5) is 0 Å². The molecule has 4 aromatic rings. The highest BCUT2D eigenvalue weighted by atomic mass is 32.1. The maximum Gasteiger partial charge on any atom is 0.265 e. The summed E-state index contributed by atoms with van der Waals surface area (Å²) in [7, 11) is 0. The molecule has 0 saturated heterocycles. The summed E-state index contributed by atoms with van der Waals surface area (Å²) < 4.78 is 13.5. The number of nitrogens with zero attached hydrogens (tertiary/aromatic N) is 1. The van der Waals surface area contributed by atoms with E-state index in [0.717, 1.165) is 16.9 Å². The third kappa shape index (κ3) is 4.06. The largest absolute Gasteiger partial charge is 0.490 e. The number of aromatic nitrogens is 2. The molecule has 0 radical (unpaired) electrons. The SMILES string of the molecule is CCOc1cc2c(=O)[nH]c3c(C(=O)NCc4ccccc4)sc(=S)n3c2cc1OCC. The van der Waals surface area contributed by atoms with E-state index in [1.165, 1.54) is 0 Å². The normalized spacial score (nSPS) is 11.0. The van der Waals surface area contributed by atoms with Gasteiger partial charge in [0.15, 0.2) is 15.5 Å². The van der Waals surface area contributed by atoms with Gasteiger partial charge in [-0.05, 0) is 37.7 Å². The van der Waals surface area contributed by atoms with E-state index in [2.05, 4.69) is 10.3 Å². The van der Waals surface area contributed by atoms with E-state index in [1.807, 2.05) is 44.2 Å². The third-order valence-electron chi connectivity index (χ3n) is 4.69. The monoisotopic (exact) mass is 455 g/mol. The second-order valence-electron chi connectivity index (χ2n) is 6.69. The number of hydrogen-bond acceptors (Lipinski definition) is 6. The zero-order chi connectivity index (χ0) is 22.0. The molecule has 31 heavy (non-hydrogen) atoms. The predicted molar refractivity (Wildman–Crippen MR) is 124 cm³/mol. The molecule has 7 nitrogen and oxygen atoms in total. The predicted octanol–water partition coefficient (Wildman–Crippen LogP) is 4.30. The number of nitrogens with one attached hydrogen (secondary N) is 2. The number of hydrogen-bond donors (Lipinski definition) is 2. The Labute approximate surface area is 187 Å². The molecule has 2 aromatic carbocycles. The fraction of sp³-hybridized carbons (Fsp3) is 0.227. The van der Waals surface area contributed by atoms with Crippen molar-refractivity contribution in [3.8, 4) is 11.5 Å². The highest BCUT2D eigenvalue weighted by Crippen LogP contribution is 2.33. The molecule has 0 fully saturated rings. The molecular weight excluding hydrogens is 434 g/mol. The number of amides is 1. The fourth-order valence-electron chi connectivity index (χ4n) is 3.35. The first kappa shape index (κ1) is 21.1. The van der Waals surface area contributed by atoms with Crippen molar-refractivity contribution in [1.29, 1.82) is 0 Å². The molecule has 0 aliphatic rings. The molecule has 2 heterocycles. The van der Waals surface area contributed by atoms with E-state index in [-0.39, 0.29) is 11.5 Å². The van der Waals surface area contributed by atoms with Gasteiger partial charge in [-0.2, -0.15) is 0 Å². The number of H-pyrrole nitrogens is 1. The van der Waals surface area contributed by atoms with E-state index >= 15 is 0 Å². The van der Waals surface area contributed by atoms with Gasteiger partial charge in [0.05, 0.1) is 24.1 Å². The Bertz CT molecular complexity index is 1370. The van der Waals surface area contributed by atoms with Crippen LogP contribution in [0.1, 0.15) is 29.1 Å². The average molecular weight is 456 g/mol. The van der Waals surface area contributed by atoms with E-state index in [9.17, 15) is 9.59 Å². The van der Waals surface area contributed by atoms with Crippen LogP contribution in [0.25, 0.3) is 16.6 Å². The Morgan fingerprint density at radius 1 is 1.13 bits per heavy atom. The molecule has 0 bridgehead atoms. The van der Waals surface area contributed by atoms with Crippen molar-refractivity contribution in [2.45, 2.75) is 20.4 Å². The molecular formula is C22H21N3O4S2. The van der Waals surface area contributed by atoms with Crippen LogP contribution in [0.5, 0.6) is 11.5 Å². The molecule has 1 amide bonds. The minimum atomic E-state index is -0.330. The smallest absolute Gasteiger partial charge is 0.265 e. The van der Waals surface area contributed by atoms with Gasteiger partial charge in [0, 0.05) is 12.6 Å². The average Bonchev–Trinajstić information content (AvgIpc) is 3.10. The number of ether oxygens (including phenoxy) is 2. The first-order valence-corrected chi connectivity index (χ1v) is 11.1. The van der Waals surface area contributed by atoms with Gasteiger partial charge in [-0.15, -0.1) is 0 Å². The summed E-state index contributed by atoms with van der Waals surface area (Å²) in [6.45, 7) is 5.00. The zero-order valence-corrected chi connectivity index (χ0v) is 18.7. The van der Waals surface area contributed by atoms with Crippen LogP contribution in [-0.4, -0.2) is 28.5 Å². The standard InChI is InChI=1S/C22H21N3O4S2/c1-3-28-16-10-14-15(11-17(16)29-4-2)25-19(24-20(14)26)18(31-22(25)30)21(27)23-12-13-8-6-5-7-9-13/h5-11H,3-4,12H2,1-2H3,(H,23,27)(H,24,26). The van der Waals surface area contributed by atoms with Crippen molar-refractivity contribution in [3.05, 3.63) is 67.2 Å². The molecule has 0 spiro atoms. The highest BCUT2D eigenvalue weighted by Gasteiger charge is 2.19. The maximum absolute atomic E-state index is 12.9. The lowest BCUT2D eigenvalue weighted by molar-refractivity contribution is 0.0956. The van der Waals surface area contributed by atoms with Gasteiger partial charge in [0.2, 0.25) is 0 Å². The van der Waals surface area contributed by atoms with Crippen LogP contribution < -0.4 is 20.3 Å². The molecule has 0 aliphatic heterocycles. The molecule has 160 valence electrons. The quantitative estimate of drug-likeness (QED) is 0.406. The number of carbonyl (C=O) groups excluding carboxylic acids is 1. The van der Waals surface area contributed by atoms with Crippen LogP contribution in [0.2, 0.25) is 0 Å². The number of benzene rings is 2. The first-order valence-electron chi connectivity index (χ1n) is 9.86. The summed E-state index contributed by atoms with van der Waals surface area (Å²) in [5, 5.41) is 3.30. The van der Waals surface area contributed by atoms with E-state index in [4.69, 9.17) is 21.7 Å². The summed E-state index contributed by atoms with van der Waals surface area (Å²) in [6, 6.07) is 13.0. The van der Waals surface area contributed by atoms with E-state index in [1.54, 1.807) is 16.5 Å². The van der Waals surface area contributed by atoms with Gasteiger partial charge < -0.3 is 19.8 Å². The van der Waals surface area contributed by atoms with E-state index < -0.39 is 0 Å². The summed E-state index contributed by atoms with van der Waals surface area (Å²) in [5.74, 6) is 0.713. The topological polar surface area (TPSA) is 84.8 Å². The minimum absolute atomic E-state index is 0.298. The maximum atomic E-state index is 12.9. The van der Waals surface area contributed by atoms with Gasteiger partial charge in [-0.3, -0.25) is 14.0 Å². The van der Waals surface area contributed by atoms with Crippen molar-refractivity contribution in [2.24, 2.45) is 0 Å². The van der Waals surface area contributed by atoms with Crippen LogP contribution in [-0.2, 0) is 6.54 Å². The minimum Gasteiger partial charge on any atom is -0.490 e. The molecule has 0 aliphatic carbocycles. The van der Waals surface area contributed by atoms with Crippen LogP contribution in [0, 0.1) is 3.95 Å². The van der Waals surface area contributed by atoms with Crippen molar-refractivity contribution in [2.75, 3.05) is 13.2 Å². The molecule has 4 rings (SSSR count). The third-order valence-corrected chi connectivity index (χ3v) is 6.06. The molecule has 9 heteroatoms. The Kier molecular flexibility index (Phi) is 6.06. The summed E-state index contributed by atoms with van der Waals surface area (Å²) in [6.07, 6.45) is 0. The van der Waals surface area contributed by atoms with Crippen molar-refractivity contribution >= 4 is 46.0 Å². The molecule has 2 aromatic heterocycles. The number of rotatable bonds is 7. The molecule has 0 unspecified atom stereocenters. The highest BCUT2D eigenvalue weighted by molar-refractivity contribution is 7.73. The summed E-state index contributed by atoms with van der Waals surface area (Å²) in [5.41, 5.74) is 1.58. The summed E-state index contributed by atoms with van der Waals surface area (Å²) >= 11 is 6.69. The Morgan fingerprint density at radius 3 is 2.48 bits per heavy atom. The van der Waals surface area contributed by atoms with Crippen molar-refractivity contribution in [1.82, 2.24) is 14.7 Å². The van der Waals surface area contributed by atoms with Gasteiger partial charge in [-0.25, -0.2) is 0 Å². The van der Waals surface area contributed by atoms with Gasteiger partial charge in [-0.1, -0.05) is 41.7 Å². The number of thiazole rings is 1. The Balaban J connectivity index is 1.83. The second-order valence-corrected chi connectivity index (χ2v) is 8.33. The molecule has 2 N–H and O–H groups in total. The van der Waals surface area contributed by atoms with E-state index in [0.29, 0.717) is 56.6 Å². The number of fused-ring (bicyclic) bond motifs is 3. The lowest BCUT2D eigenvalue weighted by Crippen LogP contribution is -2.23. The Hall–Kier alpha value is -3.17. The van der Waals surface area contributed by atoms with Crippen LogP contribution >= 0.6 is 23.6 Å². The van der Waals surface area contributed by atoms with Crippen LogP contribution in [0.3, 0.4) is 0 Å². The van der Waals surface area contributed by atoms with Gasteiger partial charge >= 0.3 is 0 Å².